The highest BCUT2D eigenvalue weighted by molar-refractivity contribution is 7.80. The molecule has 0 saturated carbocycles. The second-order valence-corrected chi connectivity index (χ2v) is 6.68. The molecule has 1 aliphatic heterocycles. The van der Waals surface area contributed by atoms with Crippen molar-refractivity contribution in [2.24, 2.45) is 0 Å². The van der Waals surface area contributed by atoms with E-state index in [1.807, 2.05) is 12.1 Å². The van der Waals surface area contributed by atoms with Crippen LogP contribution in [0.25, 0.3) is 0 Å². The summed E-state index contributed by atoms with van der Waals surface area (Å²) in [6, 6.07) is 8.18. The predicted molar refractivity (Wildman–Crippen MR) is 111 cm³/mol. The van der Waals surface area contributed by atoms with Gasteiger partial charge in [-0.05, 0) is 38.4 Å². The number of carboxylic acid groups (broad SMARTS) is 2. The van der Waals surface area contributed by atoms with Crippen molar-refractivity contribution >= 4 is 35.0 Å². The van der Waals surface area contributed by atoms with Gasteiger partial charge in [-0.3, -0.25) is 0 Å². The van der Waals surface area contributed by atoms with E-state index in [1.54, 1.807) is 7.11 Å². The molecule has 0 atom stereocenters. The molecule has 1 aromatic rings. The minimum atomic E-state index is -1.82. The molecule has 1 saturated heterocycles. The lowest BCUT2D eigenvalue weighted by Crippen LogP contribution is -2.52. The van der Waals surface area contributed by atoms with Gasteiger partial charge in [0.2, 0.25) is 0 Å². The molecule has 28 heavy (non-hydrogen) atoms. The minimum Gasteiger partial charge on any atom is -0.495 e. The van der Waals surface area contributed by atoms with Crippen LogP contribution in [-0.2, 0) is 9.59 Å². The fourth-order valence-electron chi connectivity index (χ4n) is 2.54. The monoisotopic (exact) mass is 412 g/mol. The number of para-hydroxylation sites is 2. The summed E-state index contributed by atoms with van der Waals surface area (Å²) in [5, 5.41) is 19.0. The predicted octanol–water partition coefficient (Wildman–Crippen LogP) is 0.409. The van der Waals surface area contributed by atoms with Gasteiger partial charge in [-0.1, -0.05) is 12.1 Å². The molecule has 2 rings (SSSR count). The van der Waals surface area contributed by atoms with E-state index in [1.165, 1.54) is 0 Å². The number of carboxylic acids is 2. The number of nitrogens with zero attached hydrogens (tertiary/aromatic N) is 3. The minimum absolute atomic E-state index is 0.863. The maximum absolute atomic E-state index is 9.10. The lowest BCUT2D eigenvalue weighted by atomic mass is 10.2. The number of carbonyl (C=O) groups is 2. The normalized spacial score (nSPS) is 13.4. The molecule has 0 aliphatic carbocycles. The number of rotatable bonds is 5. The van der Waals surface area contributed by atoms with Crippen molar-refractivity contribution in [3.63, 3.8) is 0 Å². The van der Waals surface area contributed by atoms with Gasteiger partial charge in [-0.15, -0.1) is 0 Å². The van der Waals surface area contributed by atoms with Crippen LogP contribution in [0.1, 0.15) is 0 Å². The van der Waals surface area contributed by atoms with Crippen molar-refractivity contribution in [1.29, 1.82) is 0 Å². The average molecular weight is 413 g/mol. The van der Waals surface area contributed by atoms with E-state index >= 15 is 0 Å². The Bertz CT molecular complexity index is 651. The Labute approximate surface area is 170 Å². The van der Waals surface area contributed by atoms with Crippen LogP contribution in [0.5, 0.6) is 5.75 Å². The molecule has 3 N–H and O–H groups in total. The van der Waals surface area contributed by atoms with Crippen molar-refractivity contribution in [3.05, 3.63) is 24.3 Å². The number of aliphatic carboxylic acids is 2. The summed E-state index contributed by atoms with van der Waals surface area (Å²) in [5.41, 5.74) is 1.16. The van der Waals surface area contributed by atoms with E-state index in [9.17, 15) is 0 Å². The topological polar surface area (TPSA) is 106 Å². The van der Waals surface area contributed by atoms with E-state index in [4.69, 9.17) is 36.8 Å². The van der Waals surface area contributed by atoms with E-state index in [2.05, 4.69) is 46.2 Å². The Kier molecular flexibility index (Phi) is 10.0. The third kappa shape index (κ3) is 7.97. The van der Waals surface area contributed by atoms with E-state index < -0.39 is 11.9 Å². The summed E-state index contributed by atoms with van der Waals surface area (Å²) >= 11 is 5.48. The maximum atomic E-state index is 9.10. The molecule has 1 aromatic carbocycles. The third-order valence-electron chi connectivity index (χ3n) is 4.01. The Balaban J connectivity index is 0.000000568. The Morgan fingerprint density at radius 3 is 2.21 bits per heavy atom. The number of benzene rings is 1. The van der Waals surface area contributed by atoms with Gasteiger partial charge in [-0.25, -0.2) is 9.59 Å². The molecule has 0 bridgehead atoms. The van der Waals surface area contributed by atoms with Crippen molar-refractivity contribution in [1.82, 2.24) is 15.1 Å². The molecule has 1 fully saturated rings. The van der Waals surface area contributed by atoms with Crippen LogP contribution in [-0.4, -0.2) is 97.5 Å². The first kappa shape index (κ1) is 23.4. The average Bonchev–Trinajstić information content (AvgIpc) is 2.68. The van der Waals surface area contributed by atoms with Crippen molar-refractivity contribution in [2.45, 2.75) is 0 Å². The van der Waals surface area contributed by atoms with Crippen LogP contribution in [0.4, 0.5) is 5.69 Å². The molecule has 156 valence electrons. The lowest BCUT2D eigenvalue weighted by Gasteiger charge is -2.38. The summed E-state index contributed by atoms with van der Waals surface area (Å²) in [6.07, 6.45) is 0. The number of piperazine rings is 1. The first-order valence-electron chi connectivity index (χ1n) is 8.78. The number of methoxy groups -OCH3 is 1. The molecule has 0 amide bonds. The van der Waals surface area contributed by atoms with Gasteiger partial charge in [0.05, 0.1) is 12.8 Å². The number of likely N-dealkylation sites (N-methyl/N-ethyl adjacent to an activating group) is 1. The Morgan fingerprint density at radius 2 is 1.71 bits per heavy atom. The lowest BCUT2D eigenvalue weighted by molar-refractivity contribution is -0.159. The van der Waals surface area contributed by atoms with Crippen LogP contribution in [0, 0.1) is 0 Å². The number of anilines is 1. The first-order valence-corrected chi connectivity index (χ1v) is 9.18. The maximum Gasteiger partial charge on any atom is 0.414 e. The molecule has 9 nitrogen and oxygen atoms in total. The highest BCUT2D eigenvalue weighted by Crippen LogP contribution is 2.28. The number of hydrogen-bond acceptors (Lipinski definition) is 6. The van der Waals surface area contributed by atoms with Gasteiger partial charge in [0, 0.05) is 39.3 Å². The molecule has 1 heterocycles. The van der Waals surface area contributed by atoms with Gasteiger partial charge in [0.25, 0.3) is 0 Å². The zero-order chi connectivity index (χ0) is 21.1. The van der Waals surface area contributed by atoms with Gasteiger partial charge >= 0.3 is 11.9 Å². The van der Waals surface area contributed by atoms with E-state index in [0.717, 1.165) is 55.8 Å². The van der Waals surface area contributed by atoms with Crippen molar-refractivity contribution < 1.29 is 24.5 Å². The van der Waals surface area contributed by atoms with Crippen molar-refractivity contribution in [3.8, 4) is 5.75 Å². The number of nitrogens with one attached hydrogen (secondary N) is 1. The number of hydrogen-bond donors (Lipinski definition) is 3. The summed E-state index contributed by atoms with van der Waals surface area (Å²) in [6.45, 7) is 5.66. The second-order valence-electron chi connectivity index (χ2n) is 6.29. The van der Waals surface area contributed by atoms with Crippen LogP contribution < -0.4 is 15.0 Å². The molecular weight excluding hydrogens is 384 g/mol. The fourth-order valence-corrected chi connectivity index (χ4v) is 2.82. The van der Waals surface area contributed by atoms with E-state index in [-0.39, 0.29) is 0 Å². The van der Waals surface area contributed by atoms with Crippen LogP contribution in [0.2, 0.25) is 0 Å². The Morgan fingerprint density at radius 1 is 1.14 bits per heavy atom. The van der Waals surface area contributed by atoms with E-state index in [0.29, 0.717) is 0 Å². The van der Waals surface area contributed by atoms with Crippen LogP contribution in [0.15, 0.2) is 24.3 Å². The van der Waals surface area contributed by atoms with Crippen molar-refractivity contribution in [2.75, 3.05) is 65.4 Å². The molecule has 0 spiro atoms. The summed E-state index contributed by atoms with van der Waals surface area (Å²) in [7, 11) is 5.85. The standard InChI is InChI=1S/C16H26N4OS.C2H2O4/c1-18(2)9-8-17-16(22)20-12-10-19(11-13-20)14-6-4-5-7-15(14)21-3;3-1(4)2(5)6/h4-7H,8-13H2,1-3H3,(H,17,22);(H,3,4)(H,5,6). The third-order valence-corrected chi connectivity index (χ3v) is 4.41. The quantitative estimate of drug-likeness (QED) is 0.465. The highest BCUT2D eigenvalue weighted by Gasteiger charge is 2.20. The molecular formula is C18H28N4O5S. The SMILES string of the molecule is COc1ccccc1N1CCN(C(=S)NCCN(C)C)CC1.O=C(O)C(=O)O. The highest BCUT2D eigenvalue weighted by atomic mass is 32.1. The summed E-state index contributed by atoms with van der Waals surface area (Å²) in [5.74, 6) is -2.72. The largest absolute Gasteiger partial charge is 0.495 e. The van der Waals surface area contributed by atoms with Gasteiger partial charge in [0.15, 0.2) is 5.11 Å². The number of thiocarbonyl (C=S) groups is 1. The first-order chi connectivity index (χ1) is 13.3. The van der Waals surface area contributed by atoms with Crippen LogP contribution in [0.3, 0.4) is 0 Å². The molecule has 0 unspecified atom stereocenters. The second kappa shape index (κ2) is 12.0. The summed E-state index contributed by atoms with van der Waals surface area (Å²) in [4.78, 5) is 25.0. The fraction of sp³-hybridized carbons (Fsp3) is 0.500. The zero-order valence-corrected chi connectivity index (χ0v) is 17.2. The molecule has 10 heteroatoms. The molecule has 0 aromatic heterocycles. The molecule has 1 aliphatic rings. The van der Waals surface area contributed by atoms with Gasteiger partial charge in [-0.2, -0.15) is 0 Å². The smallest absolute Gasteiger partial charge is 0.414 e. The number of ether oxygens (including phenoxy) is 1. The van der Waals surface area contributed by atoms with Crippen LogP contribution >= 0.6 is 12.2 Å². The summed E-state index contributed by atoms with van der Waals surface area (Å²) < 4.78 is 5.45. The Hall–Kier alpha value is -2.59. The molecule has 0 radical (unpaired) electrons. The van der Waals surface area contributed by atoms with Gasteiger partial charge < -0.3 is 35.0 Å². The van der Waals surface area contributed by atoms with Gasteiger partial charge in [0.1, 0.15) is 5.75 Å². The zero-order valence-electron chi connectivity index (χ0n) is 16.4.